The van der Waals surface area contributed by atoms with Crippen LogP contribution in [0, 0.1) is 0 Å². The molecule has 0 saturated heterocycles. The molecule has 0 spiro atoms. The Kier molecular flexibility index (Phi) is 4.98. The van der Waals surface area contributed by atoms with Crippen LogP contribution in [-0.4, -0.2) is 19.0 Å². The number of anilines is 1. The van der Waals surface area contributed by atoms with Crippen molar-refractivity contribution >= 4 is 17.6 Å². The third kappa shape index (κ3) is 3.99. The van der Waals surface area contributed by atoms with Crippen LogP contribution in [0.5, 0.6) is 5.75 Å². The van der Waals surface area contributed by atoms with Crippen LogP contribution < -0.4 is 21.5 Å². The maximum Gasteiger partial charge on any atom is 0.255 e. The van der Waals surface area contributed by atoms with Crippen LogP contribution in [0.1, 0.15) is 15.9 Å². The van der Waals surface area contributed by atoms with Crippen molar-refractivity contribution in [1.82, 2.24) is 0 Å². The topological polar surface area (TPSA) is 103 Å². The molecule has 0 aliphatic rings. The van der Waals surface area contributed by atoms with Gasteiger partial charge in [-0.3, -0.25) is 4.79 Å². The lowest BCUT2D eigenvalue weighted by molar-refractivity contribution is 0.102. The van der Waals surface area contributed by atoms with Crippen molar-refractivity contribution in [3.8, 4) is 5.75 Å². The lowest BCUT2D eigenvalue weighted by Gasteiger charge is -2.10. The van der Waals surface area contributed by atoms with Crippen molar-refractivity contribution in [3.05, 3.63) is 59.7 Å². The summed E-state index contributed by atoms with van der Waals surface area (Å²) in [4.78, 5) is 16.1. The fraction of sp³-hybridized carbons (Fsp3) is 0.125. The quantitative estimate of drug-likeness (QED) is 0.577. The molecule has 0 saturated carbocycles. The molecule has 0 radical (unpaired) electrons. The monoisotopic (exact) mass is 298 g/mol. The summed E-state index contributed by atoms with van der Waals surface area (Å²) >= 11 is 0. The lowest BCUT2D eigenvalue weighted by Crippen LogP contribution is -2.22. The number of guanidine groups is 1. The second-order valence-corrected chi connectivity index (χ2v) is 4.59. The second kappa shape index (κ2) is 7.12. The summed E-state index contributed by atoms with van der Waals surface area (Å²) in [6, 6.07) is 14.3. The molecule has 5 N–H and O–H groups in total. The van der Waals surface area contributed by atoms with Gasteiger partial charge in [-0.15, -0.1) is 0 Å². The summed E-state index contributed by atoms with van der Waals surface area (Å²) in [7, 11) is 1.56. The highest BCUT2D eigenvalue weighted by molar-refractivity contribution is 6.05. The number of carbonyl (C=O) groups is 1. The number of nitrogens with two attached hydrogens (primary N) is 2. The standard InChI is InChI=1S/C16H18N4O2/c1-22-14-5-3-2-4-13(14)20-15(21)12-8-6-11(7-9-12)10-19-16(17)18/h2-9H,10H2,1H3,(H,20,21)(H4,17,18,19). The first-order chi connectivity index (χ1) is 10.6. The zero-order valence-corrected chi connectivity index (χ0v) is 12.2. The van der Waals surface area contributed by atoms with E-state index in [1.54, 1.807) is 31.4 Å². The van der Waals surface area contributed by atoms with E-state index in [0.717, 1.165) is 5.56 Å². The van der Waals surface area contributed by atoms with Crippen molar-refractivity contribution in [2.45, 2.75) is 6.54 Å². The van der Waals surface area contributed by atoms with Gasteiger partial charge < -0.3 is 21.5 Å². The van der Waals surface area contributed by atoms with Crippen LogP contribution >= 0.6 is 0 Å². The number of ether oxygens (including phenoxy) is 1. The van der Waals surface area contributed by atoms with Crippen molar-refractivity contribution < 1.29 is 9.53 Å². The van der Waals surface area contributed by atoms with Gasteiger partial charge >= 0.3 is 0 Å². The van der Waals surface area contributed by atoms with E-state index in [2.05, 4.69) is 10.3 Å². The molecule has 0 aliphatic heterocycles. The van der Waals surface area contributed by atoms with Crippen molar-refractivity contribution in [1.29, 1.82) is 0 Å². The number of rotatable bonds is 5. The Morgan fingerprint density at radius 1 is 1.14 bits per heavy atom. The molecule has 2 rings (SSSR count). The fourth-order valence-electron chi connectivity index (χ4n) is 1.89. The average Bonchev–Trinajstić information content (AvgIpc) is 2.54. The summed E-state index contributed by atoms with van der Waals surface area (Å²) in [5, 5.41) is 2.82. The molecule has 1 amide bonds. The number of para-hydroxylation sites is 2. The molecule has 0 bridgehead atoms. The molecule has 2 aromatic rings. The van der Waals surface area contributed by atoms with Crippen LogP contribution in [0.4, 0.5) is 5.69 Å². The Balaban J connectivity index is 2.08. The Morgan fingerprint density at radius 3 is 2.45 bits per heavy atom. The van der Waals surface area contributed by atoms with Crippen LogP contribution in [0.15, 0.2) is 53.5 Å². The number of aliphatic imine (C=N–C) groups is 1. The summed E-state index contributed by atoms with van der Waals surface area (Å²) in [6.45, 7) is 0.386. The highest BCUT2D eigenvalue weighted by Crippen LogP contribution is 2.23. The van der Waals surface area contributed by atoms with Crippen LogP contribution in [0.3, 0.4) is 0 Å². The Hall–Kier alpha value is -3.02. The number of hydrogen-bond donors (Lipinski definition) is 3. The normalized spacial score (nSPS) is 9.86. The zero-order chi connectivity index (χ0) is 15.9. The molecule has 2 aromatic carbocycles. The number of nitrogens with zero attached hydrogens (tertiary/aromatic N) is 1. The van der Waals surface area contributed by atoms with Gasteiger partial charge in [0.05, 0.1) is 19.3 Å². The van der Waals surface area contributed by atoms with Gasteiger partial charge in [0, 0.05) is 5.56 Å². The SMILES string of the molecule is COc1ccccc1NC(=O)c1ccc(CN=C(N)N)cc1. The third-order valence-corrected chi connectivity index (χ3v) is 3.02. The van der Waals surface area contributed by atoms with E-state index >= 15 is 0 Å². The van der Waals surface area contributed by atoms with E-state index < -0.39 is 0 Å². The predicted molar refractivity (Wildman–Crippen MR) is 86.9 cm³/mol. The molecular weight excluding hydrogens is 280 g/mol. The van der Waals surface area contributed by atoms with Gasteiger partial charge in [-0.25, -0.2) is 4.99 Å². The molecule has 0 aliphatic carbocycles. The van der Waals surface area contributed by atoms with E-state index in [0.29, 0.717) is 23.5 Å². The molecule has 0 unspecified atom stereocenters. The van der Waals surface area contributed by atoms with E-state index in [1.165, 1.54) is 0 Å². The van der Waals surface area contributed by atoms with Gasteiger partial charge in [0.25, 0.3) is 5.91 Å². The molecule has 6 nitrogen and oxygen atoms in total. The predicted octanol–water partition coefficient (Wildman–Crippen LogP) is 1.72. The third-order valence-electron chi connectivity index (χ3n) is 3.02. The summed E-state index contributed by atoms with van der Waals surface area (Å²) in [5.41, 5.74) is 12.7. The van der Waals surface area contributed by atoms with Gasteiger partial charge in [-0.1, -0.05) is 24.3 Å². The number of benzene rings is 2. The molecule has 114 valence electrons. The molecule has 0 atom stereocenters. The van der Waals surface area contributed by atoms with Crippen molar-refractivity contribution in [3.63, 3.8) is 0 Å². The zero-order valence-electron chi connectivity index (χ0n) is 12.2. The van der Waals surface area contributed by atoms with Gasteiger partial charge in [-0.2, -0.15) is 0 Å². The first-order valence-corrected chi connectivity index (χ1v) is 6.69. The highest BCUT2D eigenvalue weighted by atomic mass is 16.5. The molecular formula is C16H18N4O2. The van der Waals surface area contributed by atoms with E-state index in [-0.39, 0.29) is 11.9 Å². The summed E-state index contributed by atoms with van der Waals surface area (Å²) < 4.78 is 5.20. The van der Waals surface area contributed by atoms with Gasteiger partial charge in [0.1, 0.15) is 5.75 Å². The maximum atomic E-state index is 12.2. The minimum atomic E-state index is -0.210. The number of carbonyl (C=O) groups excluding carboxylic acids is 1. The van der Waals surface area contributed by atoms with E-state index in [9.17, 15) is 4.79 Å². The average molecular weight is 298 g/mol. The van der Waals surface area contributed by atoms with Gasteiger partial charge in [0.2, 0.25) is 0 Å². The number of hydrogen-bond acceptors (Lipinski definition) is 3. The molecule has 0 heterocycles. The molecule has 0 fully saturated rings. The first-order valence-electron chi connectivity index (χ1n) is 6.69. The van der Waals surface area contributed by atoms with Crippen molar-refractivity contribution in [2.24, 2.45) is 16.5 Å². The summed E-state index contributed by atoms with van der Waals surface area (Å²) in [5.74, 6) is 0.441. The minimum Gasteiger partial charge on any atom is -0.495 e. The Morgan fingerprint density at radius 2 is 1.82 bits per heavy atom. The van der Waals surface area contributed by atoms with Gasteiger partial charge in [0.15, 0.2) is 5.96 Å². The van der Waals surface area contributed by atoms with Crippen LogP contribution in [0.25, 0.3) is 0 Å². The second-order valence-electron chi connectivity index (χ2n) is 4.59. The van der Waals surface area contributed by atoms with Crippen LogP contribution in [-0.2, 0) is 6.54 Å². The number of nitrogens with one attached hydrogen (secondary N) is 1. The van der Waals surface area contributed by atoms with Crippen molar-refractivity contribution in [2.75, 3.05) is 12.4 Å². The number of amides is 1. The maximum absolute atomic E-state index is 12.2. The largest absolute Gasteiger partial charge is 0.495 e. The molecule has 0 aromatic heterocycles. The fourth-order valence-corrected chi connectivity index (χ4v) is 1.89. The van der Waals surface area contributed by atoms with E-state index in [4.69, 9.17) is 16.2 Å². The van der Waals surface area contributed by atoms with Gasteiger partial charge in [-0.05, 0) is 29.8 Å². The van der Waals surface area contributed by atoms with Crippen LogP contribution in [0.2, 0.25) is 0 Å². The highest BCUT2D eigenvalue weighted by Gasteiger charge is 2.09. The summed E-state index contributed by atoms with van der Waals surface area (Å²) in [6.07, 6.45) is 0. The van der Waals surface area contributed by atoms with E-state index in [1.807, 2.05) is 24.3 Å². The smallest absolute Gasteiger partial charge is 0.255 e. The lowest BCUT2D eigenvalue weighted by atomic mass is 10.1. The first kappa shape index (κ1) is 15.4. The Labute approximate surface area is 128 Å². The molecule has 6 heteroatoms. The minimum absolute atomic E-state index is 0.0398. The Bertz CT molecular complexity index is 677. The molecule has 22 heavy (non-hydrogen) atoms. The number of methoxy groups -OCH3 is 1.